The number of hydrogen-bond donors (Lipinski definition) is 1. The molecule has 0 heterocycles. The molecule has 1 atom stereocenters. The van der Waals surface area contributed by atoms with Gasteiger partial charge in [0.15, 0.2) is 0 Å². The number of sulfonamides is 1. The van der Waals surface area contributed by atoms with E-state index in [0.29, 0.717) is 12.1 Å². The highest BCUT2D eigenvalue weighted by atomic mass is 32.2. The van der Waals surface area contributed by atoms with Crippen molar-refractivity contribution in [2.45, 2.75) is 82.8 Å². The molecule has 5 rings (SSSR count). The van der Waals surface area contributed by atoms with Crippen LogP contribution >= 0.6 is 0 Å². The molecule has 246 valence electrons. The Kier molecular flexibility index (Phi) is 11.1. The van der Waals surface area contributed by atoms with Crippen molar-refractivity contribution in [1.82, 2.24) is 10.2 Å². The Balaban J connectivity index is 1.57. The third-order valence-corrected chi connectivity index (χ3v) is 10.7. The third-order valence-electron chi connectivity index (χ3n) is 8.93. The van der Waals surface area contributed by atoms with E-state index >= 15 is 0 Å². The second-order valence-electron chi connectivity index (χ2n) is 12.7. The Morgan fingerprint density at radius 2 is 1.36 bits per heavy atom. The van der Waals surface area contributed by atoms with E-state index in [1.165, 1.54) is 4.31 Å². The summed E-state index contributed by atoms with van der Waals surface area (Å²) in [6, 6.07) is 30.6. The van der Waals surface area contributed by atoms with Gasteiger partial charge in [-0.2, -0.15) is 0 Å². The Labute approximate surface area is 279 Å². The van der Waals surface area contributed by atoms with Gasteiger partial charge in [0, 0.05) is 19.0 Å². The van der Waals surface area contributed by atoms with Crippen molar-refractivity contribution in [2.75, 3.05) is 10.8 Å². The summed E-state index contributed by atoms with van der Waals surface area (Å²) >= 11 is 0. The molecule has 1 aliphatic rings. The molecule has 4 aromatic carbocycles. The summed E-state index contributed by atoms with van der Waals surface area (Å²) in [5, 5.41) is 3.26. The summed E-state index contributed by atoms with van der Waals surface area (Å²) in [7, 11) is -4.15. The number of carbonyl (C=O) groups is 2. The maximum absolute atomic E-state index is 14.7. The van der Waals surface area contributed by atoms with Gasteiger partial charge in [-0.15, -0.1) is 0 Å². The average Bonchev–Trinajstić information content (AvgIpc) is 3.07. The normalized spacial score (nSPS) is 14.3. The topological polar surface area (TPSA) is 86.8 Å². The zero-order chi connectivity index (χ0) is 33.4. The first-order valence-electron chi connectivity index (χ1n) is 16.5. The molecule has 2 amide bonds. The van der Waals surface area contributed by atoms with Crippen LogP contribution in [0.25, 0.3) is 0 Å². The number of amides is 2. The largest absolute Gasteiger partial charge is 0.352 e. The van der Waals surface area contributed by atoms with Gasteiger partial charge in [-0.05, 0) is 68.5 Å². The number of anilines is 1. The Hall–Kier alpha value is -4.43. The minimum Gasteiger partial charge on any atom is -0.352 e. The van der Waals surface area contributed by atoms with Crippen LogP contribution in [-0.4, -0.2) is 43.8 Å². The Morgan fingerprint density at radius 1 is 0.766 bits per heavy atom. The van der Waals surface area contributed by atoms with E-state index < -0.39 is 28.5 Å². The van der Waals surface area contributed by atoms with E-state index in [-0.39, 0.29) is 23.4 Å². The van der Waals surface area contributed by atoms with Crippen LogP contribution in [0.2, 0.25) is 0 Å². The van der Waals surface area contributed by atoms with Crippen molar-refractivity contribution in [3.05, 3.63) is 131 Å². The first-order chi connectivity index (χ1) is 22.6. The minimum absolute atomic E-state index is 0.0526. The monoisotopic (exact) mass is 651 g/mol. The van der Waals surface area contributed by atoms with Crippen molar-refractivity contribution in [2.24, 2.45) is 0 Å². The molecule has 0 saturated heterocycles. The number of carbonyl (C=O) groups excluding carboxylic acids is 2. The lowest BCUT2D eigenvalue weighted by Gasteiger charge is -2.35. The molecule has 0 unspecified atom stereocenters. The molecule has 0 spiro atoms. The number of nitrogens with zero attached hydrogens (tertiary/aromatic N) is 2. The molecule has 47 heavy (non-hydrogen) atoms. The standard InChI is InChI=1S/C39H45N3O4S/c1-29-19-22-35(23-20-29)47(45,46)42(36-24-21-30(2)25-31(36)3)28-38(43)41(27-33-15-9-5-10-16-33)37(26-32-13-7-4-8-14-32)39(44)40-34-17-11-6-12-18-34/h4-5,7-10,13-16,19-25,34,37H,6,11-12,17-18,26-28H2,1-3H3,(H,40,44)/t37-/m0/s1. The highest BCUT2D eigenvalue weighted by molar-refractivity contribution is 7.92. The summed E-state index contributed by atoms with van der Waals surface area (Å²) in [4.78, 5) is 30.6. The molecular formula is C39H45N3O4S. The number of rotatable bonds is 12. The van der Waals surface area contributed by atoms with Crippen LogP contribution in [0, 0.1) is 20.8 Å². The van der Waals surface area contributed by atoms with E-state index in [4.69, 9.17) is 0 Å². The summed E-state index contributed by atoms with van der Waals surface area (Å²) in [5.41, 5.74) is 4.84. The number of aryl methyl sites for hydroxylation is 3. The van der Waals surface area contributed by atoms with Gasteiger partial charge in [0.25, 0.3) is 10.0 Å². The molecule has 0 aromatic heterocycles. The van der Waals surface area contributed by atoms with Gasteiger partial charge in [0.05, 0.1) is 10.6 Å². The summed E-state index contributed by atoms with van der Waals surface area (Å²) in [5.74, 6) is -0.672. The average molecular weight is 652 g/mol. The highest BCUT2D eigenvalue weighted by Gasteiger charge is 2.35. The fourth-order valence-electron chi connectivity index (χ4n) is 6.31. The van der Waals surface area contributed by atoms with E-state index in [2.05, 4.69) is 5.32 Å². The highest BCUT2D eigenvalue weighted by Crippen LogP contribution is 2.29. The predicted molar refractivity (Wildman–Crippen MR) is 188 cm³/mol. The fourth-order valence-corrected chi connectivity index (χ4v) is 7.79. The molecule has 0 radical (unpaired) electrons. The smallest absolute Gasteiger partial charge is 0.264 e. The van der Waals surface area contributed by atoms with Crippen LogP contribution in [-0.2, 0) is 32.6 Å². The van der Waals surface area contributed by atoms with Crippen LogP contribution in [0.3, 0.4) is 0 Å². The van der Waals surface area contributed by atoms with Gasteiger partial charge in [-0.1, -0.05) is 115 Å². The summed E-state index contributed by atoms with van der Waals surface area (Å²) < 4.78 is 29.9. The molecule has 7 nitrogen and oxygen atoms in total. The van der Waals surface area contributed by atoms with Gasteiger partial charge >= 0.3 is 0 Å². The second-order valence-corrected chi connectivity index (χ2v) is 14.5. The Bertz CT molecular complexity index is 1750. The van der Waals surface area contributed by atoms with Gasteiger partial charge in [0.1, 0.15) is 12.6 Å². The van der Waals surface area contributed by atoms with Gasteiger partial charge < -0.3 is 10.2 Å². The lowest BCUT2D eigenvalue weighted by Crippen LogP contribution is -2.55. The fraction of sp³-hybridized carbons (Fsp3) is 0.333. The molecule has 1 N–H and O–H groups in total. The van der Waals surface area contributed by atoms with Crippen LogP contribution < -0.4 is 9.62 Å². The van der Waals surface area contributed by atoms with Crippen molar-refractivity contribution in [3.63, 3.8) is 0 Å². The lowest BCUT2D eigenvalue weighted by molar-refractivity contribution is -0.140. The SMILES string of the molecule is Cc1ccc(S(=O)(=O)N(CC(=O)N(Cc2ccccc2)[C@@H](Cc2ccccc2)C(=O)NC2CCCCC2)c2ccc(C)cc2C)cc1. The van der Waals surface area contributed by atoms with Gasteiger partial charge in [-0.25, -0.2) is 8.42 Å². The number of hydrogen-bond acceptors (Lipinski definition) is 4. The first kappa shape index (κ1) is 33.9. The summed E-state index contributed by atoms with van der Waals surface area (Å²) in [6.07, 6.45) is 5.39. The Morgan fingerprint density at radius 3 is 1.98 bits per heavy atom. The van der Waals surface area contributed by atoms with E-state index in [1.54, 1.807) is 35.2 Å². The lowest BCUT2D eigenvalue weighted by atomic mass is 9.94. The van der Waals surface area contributed by atoms with Crippen LogP contribution in [0.15, 0.2) is 108 Å². The van der Waals surface area contributed by atoms with E-state index in [0.717, 1.165) is 59.9 Å². The number of benzene rings is 4. The van der Waals surface area contributed by atoms with Crippen molar-refractivity contribution in [1.29, 1.82) is 0 Å². The maximum atomic E-state index is 14.7. The zero-order valence-corrected chi connectivity index (χ0v) is 28.4. The number of nitrogens with one attached hydrogen (secondary N) is 1. The van der Waals surface area contributed by atoms with Gasteiger partial charge in [-0.3, -0.25) is 13.9 Å². The molecule has 1 fully saturated rings. The molecule has 8 heteroatoms. The minimum atomic E-state index is -4.15. The first-order valence-corrected chi connectivity index (χ1v) is 17.9. The quantitative estimate of drug-likeness (QED) is 0.181. The third kappa shape index (κ3) is 8.69. The van der Waals surface area contributed by atoms with Crippen LogP contribution in [0.4, 0.5) is 5.69 Å². The predicted octanol–water partition coefficient (Wildman–Crippen LogP) is 6.90. The molecule has 1 saturated carbocycles. The van der Waals surface area contributed by atoms with E-state index in [1.807, 2.05) is 93.6 Å². The van der Waals surface area contributed by atoms with E-state index in [9.17, 15) is 18.0 Å². The van der Waals surface area contributed by atoms with Crippen molar-refractivity contribution >= 4 is 27.5 Å². The molecule has 1 aliphatic carbocycles. The molecular weight excluding hydrogens is 607 g/mol. The van der Waals surface area contributed by atoms with Crippen molar-refractivity contribution < 1.29 is 18.0 Å². The zero-order valence-electron chi connectivity index (χ0n) is 27.6. The molecule has 0 aliphatic heterocycles. The molecule has 0 bridgehead atoms. The van der Waals surface area contributed by atoms with Crippen molar-refractivity contribution in [3.8, 4) is 0 Å². The van der Waals surface area contributed by atoms with Crippen LogP contribution in [0.5, 0.6) is 0 Å². The maximum Gasteiger partial charge on any atom is 0.264 e. The van der Waals surface area contributed by atoms with Crippen LogP contribution in [0.1, 0.15) is 59.9 Å². The van der Waals surface area contributed by atoms with Gasteiger partial charge in [0.2, 0.25) is 11.8 Å². The molecule has 4 aromatic rings. The second kappa shape index (κ2) is 15.4. The summed E-state index contributed by atoms with van der Waals surface area (Å²) in [6.45, 7) is 5.38.